The van der Waals surface area contributed by atoms with Gasteiger partial charge in [-0.15, -0.1) is 0 Å². The molecule has 33 heavy (non-hydrogen) atoms. The van der Waals surface area contributed by atoms with E-state index in [2.05, 4.69) is 12.1 Å². The minimum atomic E-state index is -0.500. The van der Waals surface area contributed by atoms with Crippen molar-refractivity contribution in [2.45, 2.75) is 57.2 Å². The summed E-state index contributed by atoms with van der Waals surface area (Å²) in [5.74, 6) is -0.638. The quantitative estimate of drug-likeness (QED) is 0.452. The molecule has 4 heteroatoms. The summed E-state index contributed by atoms with van der Waals surface area (Å²) in [6.07, 6.45) is 1.31. The molecule has 1 fully saturated rings. The van der Waals surface area contributed by atoms with E-state index in [4.69, 9.17) is 9.47 Å². The van der Waals surface area contributed by atoms with Crippen molar-refractivity contribution in [1.29, 1.82) is 0 Å². The summed E-state index contributed by atoms with van der Waals surface area (Å²) in [6.45, 7) is 4.05. The van der Waals surface area contributed by atoms with Gasteiger partial charge in [0.1, 0.15) is 12.2 Å². The second-order valence-electron chi connectivity index (χ2n) is 8.84. The maximum atomic E-state index is 13.2. The van der Waals surface area contributed by atoms with Crippen molar-refractivity contribution in [2.75, 3.05) is 0 Å². The number of aryl methyl sites for hydroxylation is 2. The molecular formula is C29H28O4. The average molecular weight is 441 g/mol. The second kappa shape index (κ2) is 8.86. The predicted octanol–water partition coefficient (Wildman–Crippen LogP) is 5.85. The number of fused-ring (bicyclic) bond motifs is 5. The molecule has 2 aliphatic rings. The number of benzene rings is 3. The lowest BCUT2D eigenvalue weighted by Gasteiger charge is -2.32. The largest absolute Gasteiger partial charge is 0.454 e. The van der Waals surface area contributed by atoms with Crippen LogP contribution in [0.3, 0.4) is 0 Å². The van der Waals surface area contributed by atoms with Gasteiger partial charge in [0, 0.05) is 11.8 Å². The molecule has 2 bridgehead atoms. The van der Waals surface area contributed by atoms with E-state index in [1.54, 1.807) is 12.1 Å². The van der Waals surface area contributed by atoms with Gasteiger partial charge in [0.25, 0.3) is 0 Å². The van der Waals surface area contributed by atoms with Crippen LogP contribution in [0.5, 0.6) is 0 Å². The maximum absolute atomic E-state index is 13.2. The normalized spacial score (nSPS) is 22.6. The van der Waals surface area contributed by atoms with Crippen LogP contribution in [-0.4, -0.2) is 24.1 Å². The third-order valence-electron chi connectivity index (χ3n) is 7.14. The summed E-state index contributed by atoms with van der Waals surface area (Å²) < 4.78 is 12.2. The molecule has 1 saturated carbocycles. The van der Waals surface area contributed by atoms with Crippen molar-refractivity contribution in [3.8, 4) is 0 Å². The topological polar surface area (TPSA) is 52.6 Å². The first-order valence-corrected chi connectivity index (χ1v) is 11.8. The molecule has 4 atom stereocenters. The Morgan fingerprint density at radius 3 is 1.48 bits per heavy atom. The molecule has 2 aliphatic carbocycles. The van der Waals surface area contributed by atoms with Crippen LogP contribution in [0, 0.1) is 0 Å². The maximum Gasteiger partial charge on any atom is 0.338 e. The molecular weight excluding hydrogens is 412 g/mol. The summed E-state index contributed by atoms with van der Waals surface area (Å²) in [7, 11) is 0. The van der Waals surface area contributed by atoms with Gasteiger partial charge in [-0.3, -0.25) is 0 Å². The number of rotatable bonds is 6. The Labute approximate surface area is 194 Å². The molecule has 0 aliphatic heterocycles. The van der Waals surface area contributed by atoms with E-state index in [1.807, 2.05) is 62.4 Å². The predicted molar refractivity (Wildman–Crippen MR) is 127 cm³/mol. The minimum Gasteiger partial charge on any atom is -0.454 e. The Morgan fingerprint density at radius 1 is 0.667 bits per heavy atom. The third kappa shape index (κ3) is 3.74. The molecule has 2 unspecified atom stereocenters. The van der Waals surface area contributed by atoms with E-state index in [1.165, 1.54) is 11.1 Å². The number of esters is 2. The fourth-order valence-electron chi connectivity index (χ4n) is 5.52. The number of carbonyl (C=O) groups excluding carboxylic acids is 2. The summed E-state index contributed by atoms with van der Waals surface area (Å²) >= 11 is 0. The summed E-state index contributed by atoms with van der Waals surface area (Å²) in [5, 5.41) is 0. The lowest BCUT2D eigenvalue weighted by atomic mass is 9.87. The molecule has 0 N–H and O–H groups in total. The van der Waals surface area contributed by atoms with E-state index in [-0.39, 0.29) is 23.8 Å². The van der Waals surface area contributed by atoms with Gasteiger partial charge in [0.15, 0.2) is 0 Å². The molecule has 4 nitrogen and oxygen atoms in total. The Balaban J connectivity index is 1.46. The molecule has 5 rings (SSSR count). The second-order valence-corrected chi connectivity index (χ2v) is 8.84. The van der Waals surface area contributed by atoms with Gasteiger partial charge in [0.05, 0.1) is 11.1 Å². The number of hydrogen-bond donors (Lipinski definition) is 0. The average Bonchev–Trinajstić information content (AvgIpc) is 3.41. The molecule has 0 radical (unpaired) electrons. The molecule has 0 heterocycles. The Kier molecular flexibility index (Phi) is 5.76. The summed E-state index contributed by atoms with van der Waals surface area (Å²) in [5.41, 5.74) is 5.47. The highest BCUT2D eigenvalue weighted by Gasteiger charge is 2.55. The van der Waals surface area contributed by atoms with Crippen molar-refractivity contribution >= 4 is 11.9 Å². The fraction of sp³-hybridized carbons (Fsp3) is 0.310. The van der Waals surface area contributed by atoms with Gasteiger partial charge in [-0.1, -0.05) is 74.5 Å². The fourth-order valence-corrected chi connectivity index (χ4v) is 5.52. The lowest BCUT2D eigenvalue weighted by Crippen LogP contribution is -2.39. The van der Waals surface area contributed by atoms with E-state index in [0.29, 0.717) is 11.1 Å². The van der Waals surface area contributed by atoms with Crippen LogP contribution in [0.1, 0.15) is 75.1 Å². The first-order valence-electron chi connectivity index (χ1n) is 11.8. The van der Waals surface area contributed by atoms with Crippen molar-refractivity contribution in [2.24, 2.45) is 0 Å². The van der Waals surface area contributed by atoms with Crippen LogP contribution in [0.4, 0.5) is 0 Å². The molecule has 3 aromatic carbocycles. The van der Waals surface area contributed by atoms with Gasteiger partial charge in [-0.25, -0.2) is 9.59 Å². The summed E-state index contributed by atoms with van der Waals surface area (Å²) in [4.78, 5) is 26.4. The van der Waals surface area contributed by atoms with Crippen molar-refractivity contribution in [3.05, 3.63) is 106 Å². The highest BCUT2D eigenvalue weighted by Crippen LogP contribution is 2.55. The molecule has 168 valence electrons. The van der Waals surface area contributed by atoms with Crippen LogP contribution in [0.25, 0.3) is 0 Å². The van der Waals surface area contributed by atoms with E-state index >= 15 is 0 Å². The first kappa shape index (κ1) is 21.4. The number of ether oxygens (including phenoxy) is 2. The first-order chi connectivity index (χ1) is 16.1. The minimum absolute atomic E-state index is 0.0307. The molecule has 0 saturated heterocycles. The van der Waals surface area contributed by atoms with Crippen molar-refractivity contribution in [3.63, 3.8) is 0 Å². The van der Waals surface area contributed by atoms with Crippen LogP contribution < -0.4 is 0 Å². The van der Waals surface area contributed by atoms with Crippen LogP contribution in [0.15, 0.2) is 72.8 Å². The zero-order chi connectivity index (χ0) is 22.9. The summed E-state index contributed by atoms with van der Waals surface area (Å²) in [6, 6.07) is 23.3. The smallest absolute Gasteiger partial charge is 0.338 e. The standard InChI is InChI=1S/C29H28O4/c1-3-18-11-5-7-13-20(18)28(30)32-26-24-17-25(23-16-10-9-15-22(23)24)27(26)33-29(31)21-14-8-6-12-19(21)4-2/h5-16,24-27H,3-4,17H2,1-2H3/t24?,25?,26-,27+. The van der Waals surface area contributed by atoms with Crippen LogP contribution in [0.2, 0.25) is 0 Å². The monoisotopic (exact) mass is 440 g/mol. The Morgan fingerprint density at radius 2 is 1.06 bits per heavy atom. The zero-order valence-corrected chi connectivity index (χ0v) is 19.0. The Bertz CT molecular complexity index is 1100. The van der Waals surface area contributed by atoms with E-state index in [9.17, 15) is 9.59 Å². The third-order valence-corrected chi connectivity index (χ3v) is 7.14. The van der Waals surface area contributed by atoms with Crippen molar-refractivity contribution in [1.82, 2.24) is 0 Å². The van der Waals surface area contributed by atoms with Crippen LogP contribution >= 0.6 is 0 Å². The highest BCUT2D eigenvalue weighted by molar-refractivity contribution is 5.92. The van der Waals surface area contributed by atoms with Crippen LogP contribution in [-0.2, 0) is 22.3 Å². The molecule has 3 aromatic rings. The number of carbonyl (C=O) groups is 2. The van der Waals surface area contributed by atoms with Gasteiger partial charge >= 0.3 is 11.9 Å². The molecule has 0 spiro atoms. The highest BCUT2D eigenvalue weighted by atomic mass is 16.6. The lowest BCUT2D eigenvalue weighted by molar-refractivity contribution is -0.0349. The van der Waals surface area contributed by atoms with E-state index in [0.717, 1.165) is 30.4 Å². The van der Waals surface area contributed by atoms with Gasteiger partial charge in [0.2, 0.25) is 0 Å². The van der Waals surface area contributed by atoms with Gasteiger partial charge in [-0.05, 0) is 53.6 Å². The SMILES string of the molecule is CCc1ccccc1C(=O)O[C@@H]1C2CC(c3ccccc32)[C@@H]1OC(=O)c1ccccc1CC. The zero-order valence-electron chi connectivity index (χ0n) is 19.0. The van der Waals surface area contributed by atoms with Gasteiger partial charge in [-0.2, -0.15) is 0 Å². The van der Waals surface area contributed by atoms with Gasteiger partial charge < -0.3 is 9.47 Å². The molecule has 0 amide bonds. The van der Waals surface area contributed by atoms with E-state index < -0.39 is 12.2 Å². The Hall–Kier alpha value is -3.40. The number of hydrogen-bond acceptors (Lipinski definition) is 4. The van der Waals surface area contributed by atoms with Crippen molar-refractivity contribution < 1.29 is 19.1 Å². The molecule has 0 aromatic heterocycles.